The molecule has 1 aromatic carbocycles. The Bertz CT molecular complexity index is 1110. The van der Waals surface area contributed by atoms with Crippen LogP contribution in [0.25, 0.3) is 16.5 Å². The van der Waals surface area contributed by atoms with Crippen molar-refractivity contribution in [1.29, 1.82) is 0 Å². The number of nitrogens with one attached hydrogen (secondary N) is 1. The summed E-state index contributed by atoms with van der Waals surface area (Å²) < 4.78 is 20.4. The van der Waals surface area contributed by atoms with Crippen molar-refractivity contribution in [3.8, 4) is 17.5 Å². The van der Waals surface area contributed by atoms with Gasteiger partial charge < -0.3 is 14.4 Å². The van der Waals surface area contributed by atoms with Crippen LogP contribution in [0, 0.1) is 11.7 Å². The van der Waals surface area contributed by atoms with E-state index in [9.17, 15) is 9.50 Å². The van der Waals surface area contributed by atoms with Gasteiger partial charge in [-0.05, 0) is 55.2 Å². The molecule has 1 fully saturated rings. The summed E-state index contributed by atoms with van der Waals surface area (Å²) in [7, 11) is 0. The number of piperidine rings is 1. The van der Waals surface area contributed by atoms with Gasteiger partial charge in [-0.15, -0.1) is 5.10 Å². The summed E-state index contributed by atoms with van der Waals surface area (Å²) in [5.41, 5.74) is 0.988. The quantitative estimate of drug-likeness (QED) is 0.539. The number of quaternary nitrogens is 1. The number of aromatic hydroxyl groups is 1. The lowest BCUT2D eigenvalue weighted by atomic mass is 9.95. The highest BCUT2D eigenvalue weighted by molar-refractivity contribution is 7.17. The van der Waals surface area contributed by atoms with Gasteiger partial charge in [0.25, 0.3) is 0 Å². The molecule has 1 aliphatic rings. The Labute approximate surface area is 171 Å². The Kier molecular flexibility index (Phi) is 4.60. The molecule has 1 aliphatic heterocycles. The summed E-state index contributed by atoms with van der Waals surface area (Å²) >= 11 is 1.43. The van der Waals surface area contributed by atoms with E-state index in [2.05, 4.69) is 17.0 Å². The average Bonchev–Trinajstić information content (AvgIpc) is 3.44. The normalized spacial score (nSPS) is 20.9. The van der Waals surface area contributed by atoms with Crippen molar-refractivity contribution < 1.29 is 18.8 Å². The maximum Gasteiger partial charge on any atom is 0.235 e. The summed E-state index contributed by atoms with van der Waals surface area (Å²) in [5.74, 6) is 1.55. The second-order valence-corrected chi connectivity index (χ2v) is 8.73. The number of hydrogen-bond acceptors (Lipinski definition) is 5. The summed E-state index contributed by atoms with van der Waals surface area (Å²) in [6.45, 7) is 4.29. The fourth-order valence-corrected chi connectivity index (χ4v) is 5.24. The van der Waals surface area contributed by atoms with Gasteiger partial charge in [0, 0.05) is 5.56 Å². The number of fused-ring (bicyclic) bond motifs is 1. The zero-order valence-electron chi connectivity index (χ0n) is 16.0. The van der Waals surface area contributed by atoms with Gasteiger partial charge >= 0.3 is 0 Å². The second-order valence-electron chi connectivity index (χ2n) is 7.72. The van der Waals surface area contributed by atoms with E-state index in [1.165, 1.54) is 32.9 Å². The average molecular weight is 413 g/mol. The first-order valence-corrected chi connectivity index (χ1v) is 10.6. The third kappa shape index (κ3) is 3.32. The molecule has 0 bridgehead atoms. The van der Waals surface area contributed by atoms with E-state index in [1.54, 1.807) is 18.4 Å². The first kappa shape index (κ1) is 18.3. The Hall–Kier alpha value is -2.71. The molecule has 4 aromatic rings. The number of benzene rings is 1. The lowest BCUT2D eigenvalue weighted by molar-refractivity contribution is -0.931. The van der Waals surface area contributed by atoms with Gasteiger partial charge in [0.05, 0.1) is 19.4 Å². The fraction of sp³-hybridized carbons (Fsp3) is 0.333. The Morgan fingerprint density at radius 1 is 1.24 bits per heavy atom. The lowest BCUT2D eigenvalue weighted by Crippen LogP contribution is -3.13. The molecule has 150 valence electrons. The standard InChI is InChI=1S/C21H21FN4O2S/c1-13-8-10-25(11-9-13)17(14-4-6-15(22)7-5-14)18-20(27)26-21(29-18)23-19(24-26)16-3-2-12-28-16/h2-7,12-13,17,27H,8-11H2,1H3/p+1/t17-/m0/s1. The summed E-state index contributed by atoms with van der Waals surface area (Å²) in [4.78, 5) is 7.33. The number of aromatic nitrogens is 3. The molecule has 1 atom stereocenters. The van der Waals surface area contributed by atoms with Crippen LogP contribution in [0.2, 0.25) is 0 Å². The SMILES string of the molecule is CC1CC[NH+]([C@@H](c2ccc(F)cc2)c2sc3nc(-c4ccco4)nn3c2O)CC1. The third-order valence-corrected chi connectivity index (χ3v) is 6.82. The smallest absolute Gasteiger partial charge is 0.235 e. The highest BCUT2D eigenvalue weighted by Crippen LogP contribution is 2.36. The molecule has 0 unspecified atom stereocenters. The maximum absolute atomic E-state index is 13.5. The second kappa shape index (κ2) is 7.27. The Balaban J connectivity index is 1.57. The van der Waals surface area contributed by atoms with E-state index in [4.69, 9.17) is 4.42 Å². The van der Waals surface area contributed by atoms with E-state index < -0.39 is 0 Å². The summed E-state index contributed by atoms with van der Waals surface area (Å²) in [6.07, 6.45) is 3.84. The number of hydrogen-bond donors (Lipinski definition) is 2. The molecule has 0 radical (unpaired) electrons. The van der Waals surface area contributed by atoms with Gasteiger partial charge in [0.1, 0.15) is 10.7 Å². The summed E-state index contributed by atoms with van der Waals surface area (Å²) in [6, 6.07) is 10.1. The van der Waals surface area contributed by atoms with Crippen LogP contribution in [0.5, 0.6) is 5.88 Å². The van der Waals surface area contributed by atoms with Crippen molar-refractivity contribution in [3.63, 3.8) is 0 Å². The fourth-order valence-electron chi connectivity index (χ4n) is 4.10. The first-order chi connectivity index (χ1) is 14.1. The van der Waals surface area contributed by atoms with Crippen molar-refractivity contribution >= 4 is 16.3 Å². The first-order valence-electron chi connectivity index (χ1n) is 9.82. The molecule has 5 rings (SSSR count). The van der Waals surface area contributed by atoms with E-state index in [0.717, 1.165) is 36.4 Å². The molecular formula is C21H22FN4O2S+. The van der Waals surface area contributed by atoms with E-state index in [0.29, 0.717) is 22.5 Å². The minimum atomic E-state index is -0.260. The Morgan fingerprint density at radius 3 is 2.66 bits per heavy atom. The summed E-state index contributed by atoms with van der Waals surface area (Å²) in [5, 5.41) is 15.4. The lowest BCUT2D eigenvalue weighted by Gasteiger charge is -2.33. The maximum atomic E-state index is 13.5. The molecular weight excluding hydrogens is 391 g/mol. The van der Waals surface area contributed by atoms with Gasteiger partial charge in [0.2, 0.25) is 16.7 Å². The van der Waals surface area contributed by atoms with Gasteiger partial charge in [0.15, 0.2) is 11.8 Å². The molecule has 2 N–H and O–H groups in total. The highest BCUT2D eigenvalue weighted by atomic mass is 32.1. The molecule has 6 nitrogen and oxygen atoms in total. The van der Waals surface area contributed by atoms with E-state index in [1.807, 2.05) is 12.1 Å². The minimum absolute atomic E-state index is 0.0799. The van der Waals surface area contributed by atoms with Crippen LogP contribution in [0.3, 0.4) is 0 Å². The van der Waals surface area contributed by atoms with Gasteiger partial charge in [-0.3, -0.25) is 0 Å². The molecule has 0 spiro atoms. The zero-order valence-corrected chi connectivity index (χ0v) is 16.8. The molecule has 1 saturated heterocycles. The number of nitrogens with zero attached hydrogens (tertiary/aromatic N) is 3. The van der Waals surface area contributed by atoms with E-state index >= 15 is 0 Å². The van der Waals surface area contributed by atoms with Gasteiger partial charge in [-0.2, -0.15) is 9.50 Å². The Morgan fingerprint density at radius 2 is 2.00 bits per heavy atom. The molecule has 0 saturated carbocycles. The number of likely N-dealkylation sites (tertiary alicyclic amines) is 1. The van der Waals surface area contributed by atoms with Crippen molar-refractivity contribution in [2.45, 2.75) is 25.8 Å². The van der Waals surface area contributed by atoms with E-state index in [-0.39, 0.29) is 17.7 Å². The highest BCUT2D eigenvalue weighted by Gasteiger charge is 2.35. The largest absolute Gasteiger partial charge is 0.492 e. The van der Waals surface area contributed by atoms with Crippen LogP contribution in [-0.2, 0) is 0 Å². The van der Waals surface area contributed by atoms with Gasteiger partial charge in [-0.25, -0.2) is 4.39 Å². The van der Waals surface area contributed by atoms with Crippen molar-refractivity contribution in [2.24, 2.45) is 5.92 Å². The number of rotatable bonds is 4. The monoisotopic (exact) mass is 413 g/mol. The number of furan rings is 1. The molecule has 4 heterocycles. The van der Waals surface area contributed by atoms with Gasteiger partial charge in [-0.1, -0.05) is 18.3 Å². The van der Waals surface area contributed by atoms with Crippen LogP contribution in [0.1, 0.15) is 36.2 Å². The molecule has 29 heavy (non-hydrogen) atoms. The van der Waals surface area contributed by atoms with Crippen LogP contribution in [0.4, 0.5) is 4.39 Å². The van der Waals surface area contributed by atoms with Crippen molar-refractivity contribution in [2.75, 3.05) is 13.1 Å². The predicted molar refractivity (Wildman–Crippen MR) is 108 cm³/mol. The predicted octanol–water partition coefficient (Wildman–Crippen LogP) is 3.30. The number of halogens is 1. The third-order valence-electron chi connectivity index (χ3n) is 5.73. The molecule has 0 aliphatic carbocycles. The van der Waals surface area contributed by atoms with Crippen LogP contribution in [0.15, 0.2) is 47.1 Å². The van der Waals surface area contributed by atoms with Crippen molar-refractivity contribution in [1.82, 2.24) is 14.6 Å². The topological polar surface area (TPSA) is 68.0 Å². The van der Waals surface area contributed by atoms with Crippen LogP contribution >= 0.6 is 11.3 Å². The molecule has 3 aromatic heterocycles. The minimum Gasteiger partial charge on any atom is -0.492 e. The number of thiazole rings is 1. The zero-order chi connectivity index (χ0) is 20.0. The van der Waals surface area contributed by atoms with Crippen LogP contribution < -0.4 is 4.90 Å². The molecule has 8 heteroatoms. The van der Waals surface area contributed by atoms with Crippen molar-refractivity contribution in [3.05, 3.63) is 58.9 Å². The van der Waals surface area contributed by atoms with Crippen LogP contribution in [-0.4, -0.2) is 32.8 Å². The molecule has 0 amide bonds.